The van der Waals surface area contributed by atoms with E-state index in [9.17, 15) is 0 Å². The van der Waals surface area contributed by atoms with Crippen molar-refractivity contribution in [3.63, 3.8) is 0 Å². The standard InChI is InChI=1S/C18H29NO/c1-3-15(4-2)14-17(19)18(10-12-20-13-11-18)16-8-6-5-7-9-16/h5-9,15,17H,3-4,10-14,19H2,1-2H3. The third kappa shape index (κ3) is 3.24. The molecule has 2 N–H and O–H groups in total. The number of nitrogens with two attached hydrogens (primary N) is 1. The van der Waals surface area contributed by atoms with E-state index in [0.29, 0.717) is 0 Å². The highest BCUT2D eigenvalue weighted by molar-refractivity contribution is 5.28. The molecule has 112 valence electrons. The van der Waals surface area contributed by atoms with Crippen LogP contribution in [0.3, 0.4) is 0 Å². The molecule has 0 radical (unpaired) electrons. The summed E-state index contributed by atoms with van der Waals surface area (Å²) in [5.74, 6) is 0.744. The molecule has 2 rings (SSSR count). The van der Waals surface area contributed by atoms with Gasteiger partial charge in [0.15, 0.2) is 0 Å². The van der Waals surface area contributed by atoms with E-state index in [-0.39, 0.29) is 11.5 Å². The van der Waals surface area contributed by atoms with Crippen molar-refractivity contribution >= 4 is 0 Å². The van der Waals surface area contributed by atoms with Crippen LogP contribution in [0.5, 0.6) is 0 Å². The van der Waals surface area contributed by atoms with E-state index in [4.69, 9.17) is 10.5 Å². The molecular weight excluding hydrogens is 246 g/mol. The lowest BCUT2D eigenvalue weighted by Gasteiger charge is -2.43. The van der Waals surface area contributed by atoms with Crippen LogP contribution >= 0.6 is 0 Å². The molecule has 1 aliphatic heterocycles. The zero-order valence-electron chi connectivity index (χ0n) is 13.0. The van der Waals surface area contributed by atoms with E-state index in [1.54, 1.807) is 0 Å². The molecule has 2 nitrogen and oxygen atoms in total. The van der Waals surface area contributed by atoms with Gasteiger partial charge in [-0.05, 0) is 30.7 Å². The van der Waals surface area contributed by atoms with E-state index in [0.717, 1.165) is 38.4 Å². The first-order chi connectivity index (χ1) is 9.73. The van der Waals surface area contributed by atoms with Crippen LogP contribution in [0.1, 0.15) is 51.5 Å². The second-order valence-electron chi connectivity index (χ2n) is 6.16. The Morgan fingerprint density at radius 3 is 2.25 bits per heavy atom. The van der Waals surface area contributed by atoms with Crippen molar-refractivity contribution in [1.29, 1.82) is 0 Å². The summed E-state index contributed by atoms with van der Waals surface area (Å²) >= 11 is 0. The summed E-state index contributed by atoms with van der Waals surface area (Å²) in [6.45, 7) is 6.23. The minimum absolute atomic E-state index is 0.113. The lowest BCUT2D eigenvalue weighted by Crippen LogP contribution is -2.49. The van der Waals surface area contributed by atoms with Gasteiger partial charge in [-0.1, -0.05) is 57.0 Å². The summed E-state index contributed by atoms with van der Waals surface area (Å²) in [4.78, 5) is 0. The summed E-state index contributed by atoms with van der Waals surface area (Å²) in [6, 6.07) is 11.1. The average Bonchev–Trinajstić information content (AvgIpc) is 2.53. The first-order valence-electron chi connectivity index (χ1n) is 8.11. The Kier molecular flexibility index (Phi) is 5.62. The van der Waals surface area contributed by atoms with Crippen molar-refractivity contribution in [2.75, 3.05) is 13.2 Å². The second kappa shape index (κ2) is 7.24. The molecule has 0 aromatic heterocycles. The van der Waals surface area contributed by atoms with Crippen LogP contribution in [0.25, 0.3) is 0 Å². The molecule has 1 aromatic carbocycles. The first kappa shape index (κ1) is 15.5. The van der Waals surface area contributed by atoms with Gasteiger partial charge in [0.2, 0.25) is 0 Å². The second-order valence-corrected chi connectivity index (χ2v) is 6.16. The number of hydrogen-bond acceptors (Lipinski definition) is 2. The number of hydrogen-bond donors (Lipinski definition) is 1. The normalized spacial score (nSPS) is 20.0. The smallest absolute Gasteiger partial charge is 0.0475 e. The van der Waals surface area contributed by atoms with Crippen LogP contribution in [0.4, 0.5) is 0 Å². The van der Waals surface area contributed by atoms with Crippen molar-refractivity contribution in [2.24, 2.45) is 11.7 Å². The Morgan fingerprint density at radius 2 is 1.70 bits per heavy atom. The average molecular weight is 275 g/mol. The van der Waals surface area contributed by atoms with Crippen LogP contribution in [0.15, 0.2) is 30.3 Å². The predicted molar refractivity (Wildman–Crippen MR) is 84.8 cm³/mol. The molecule has 1 heterocycles. The summed E-state index contributed by atoms with van der Waals surface area (Å²) < 4.78 is 5.60. The Morgan fingerprint density at radius 1 is 1.10 bits per heavy atom. The predicted octanol–water partition coefficient (Wildman–Crippen LogP) is 3.89. The van der Waals surface area contributed by atoms with Gasteiger partial charge in [0.25, 0.3) is 0 Å². The van der Waals surface area contributed by atoms with Crippen LogP contribution in [0.2, 0.25) is 0 Å². The summed E-state index contributed by atoms with van der Waals surface area (Å²) in [5.41, 5.74) is 8.23. The van der Waals surface area contributed by atoms with Crippen molar-refractivity contribution in [3.05, 3.63) is 35.9 Å². The first-order valence-corrected chi connectivity index (χ1v) is 8.11. The van der Waals surface area contributed by atoms with Gasteiger partial charge in [-0.25, -0.2) is 0 Å². The third-order valence-corrected chi connectivity index (χ3v) is 5.19. The zero-order chi connectivity index (χ0) is 14.4. The quantitative estimate of drug-likeness (QED) is 0.855. The van der Waals surface area contributed by atoms with Gasteiger partial charge in [-0.2, -0.15) is 0 Å². The maximum atomic E-state index is 6.71. The van der Waals surface area contributed by atoms with E-state index in [1.807, 2.05) is 0 Å². The van der Waals surface area contributed by atoms with E-state index in [2.05, 4.69) is 44.2 Å². The zero-order valence-corrected chi connectivity index (χ0v) is 13.0. The lowest BCUT2D eigenvalue weighted by molar-refractivity contribution is 0.0363. The largest absolute Gasteiger partial charge is 0.381 e. The topological polar surface area (TPSA) is 35.2 Å². The van der Waals surface area contributed by atoms with Gasteiger partial charge in [0, 0.05) is 24.7 Å². The van der Waals surface area contributed by atoms with Gasteiger partial charge in [-0.15, -0.1) is 0 Å². The molecule has 0 amide bonds. The minimum Gasteiger partial charge on any atom is -0.381 e. The molecule has 1 fully saturated rings. The molecule has 1 unspecified atom stereocenters. The maximum Gasteiger partial charge on any atom is 0.0475 e. The highest BCUT2D eigenvalue weighted by Gasteiger charge is 2.40. The summed E-state index contributed by atoms with van der Waals surface area (Å²) in [7, 11) is 0. The summed E-state index contributed by atoms with van der Waals surface area (Å²) in [6.07, 6.45) is 5.69. The highest BCUT2D eigenvalue weighted by atomic mass is 16.5. The Labute approximate surface area is 123 Å². The number of rotatable bonds is 6. The molecular formula is C18H29NO. The molecule has 1 atom stereocenters. The van der Waals surface area contributed by atoms with E-state index in [1.165, 1.54) is 18.4 Å². The molecule has 0 spiro atoms. The molecule has 0 aliphatic carbocycles. The third-order valence-electron chi connectivity index (χ3n) is 5.19. The van der Waals surface area contributed by atoms with Crippen molar-refractivity contribution in [1.82, 2.24) is 0 Å². The maximum absolute atomic E-state index is 6.71. The van der Waals surface area contributed by atoms with Gasteiger partial charge in [-0.3, -0.25) is 0 Å². The fourth-order valence-corrected chi connectivity index (χ4v) is 3.59. The Bertz CT molecular complexity index is 380. The Hall–Kier alpha value is -0.860. The van der Waals surface area contributed by atoms with Crippen molar-refractivity contribution in [3.8, 4) is 0 Å². The SMILES string of the molecule is CCC(CC)CC(N)C1(c2ccccc2)CCOCC1. The molecule has 20 heavy (non-hydrogen) atoms. The van der Waals surface area contributed by atoms with Gasteiger partial charge in [0.05, 0.1) is 0 Å². The fourth-order valence-electron chi connectivity index (χ4n) is 3.59. The minimum atomic E-state index is 0.113. The van der Waals surface area contributed by atoms with Crippen LogP contribution in [0, 0.1) is 5.92 Å². The molecule has 0 bridgehead atoms. The monoisotopic (exact) mass is 275 g/mol. The van der Waals surface area contributed by atoms with Crippen LogP contribution < -0.4 is 5.73 Å². The van der Waals surface area contributed by atoms with Crippen molar-refractivity contribution < 1.29 is 4.74 Å². The fraction of sp³-hybridized carbons (Fsp3) is 0.667. The van der Waals surface area contributed by atoms with Crippen molar-refractivity contribution in [2.45, 2.75) is 57.4 Å². The van der Waals surface area contributed by atoms with Crippen LogP contribution in [-0.2, 0) is 10.2 Å². The number of ether oxygens (including phenoxy) is 1. The van der Waals surface area contributed by atoms with Gasteiger partial charge < -0.3 is 10.5 Å². The Balaban J connectivity index is 2.23. The number of benzene rings is 1. The van der Waals surface area contributed by atoms with Crippen LogP contribution in [-0.4, -0.2) is 19.3 Å². The van der Waals surface area contributed by atoms with Gasteiger partial charge in [0.1, 0.15) is 0 Å². The molecule has 1 aromatic rings. The summed E-state index contributed by atoms with van der Waals surface area (Å²) in [5, 5.41) is 0. The van der Waals surface area contributed by atoms with E-state index < -0.39 is 0 Å². The molecule has 0 saturated carbocycles. The molecule has 2 heteroatoms. The highest BCUT2D eigenvalue weighted by Crippen LogP contribution is 2.39. The van der Waals surface area contributed by atoms with Gasteiger partial charge >= 0.3 is 0 Å². The van der Waals surface area contributed by atoms with E-state index >= 15 is 0 Å². The molecule has 1 aliphatic rings. The lowest BCUT2D eigenvalue weighted by atomic mass is 9.66. The molecule has 1 saturated heterocycles.